The van der Waals surface area contributed by atoms with Crippen LogP contribution in [0.4, 0.5) is 0 Å². The maximum atomic E-state index is 12.4. The van der Waals surface area contributed by atoms with Crippen molar-refractivity contribution >= 4 is 5.91 Å². The third kappa shape index (κ3) is 4.20. The second kappa shape index (κ2) is 8.16. The van der Waals surface area contributed by atoms with Gasteiger partial charge in [-0.15, -0.1) is 0 Å². The molecular formula is C19H27N3O3. The van der Waals surface area contributed by atoms with Crippen molar-refractivity contribution in [3.63, 3.8) is 0 Å². The molecule has 1 heterocycles. The van der Waals surface area contributed by atoms with Crippen molar-refractivity contribution in [3.8, 4) is 11.4 Å². The van der Waals surface area contributed by atoms with Crippen molar-refractivity contribution < 1.29 is 14.6 Å². The lowest BCUT2D eigenvalue weighted by Crippen LogP contribution is -2.39. The number of aromatic nitrogens is 2. The van der Waals surface area contributed by atoms with E-state index in [2.05, 4.69) is 10.4 Å². The molecule has 0 saturated carbocycles. The molecule has 0 unspecified atom stereocenters. The molecule has 0 aliphatic rings. The van der Waals surface area contributed by atoms with Crippen molar-refractivity contribution in [2.75, 3.05) is 20.3 Å². The minimum atomic E-state index is -0.280. The van der Waals surface area contributed by atoms with Gasteiger partial charge in [-0.3, -0.25) is 4.79 Å². The number of carbonyl (C=O) groups excluding carboxylic acids is 1. The smallest absolute Gasteiger partial charge is 0.271 e. The maximum Gasteiger partial charge on any atom is 0.271 e. The molecule has 0 fully saturated rings. The number of hydrogen-bond acceptors (Lipinski definition) is 4. The normalized spacial score (nSPS) is 11.4. The number of nitrogens with zero attached hydrogens (tertiary/aromatic N) is 2. The number of carbonyl (C=O) groups is 1. The molecule has 1 aromatic carbocycles. The van der Waals surface area contributed by atoms with Gasteiger partial charge < -0.3 is 15.2 Å². The number of rotatable bonds is 8. The van der Waals surface area contributed by atoms with E-state index >= 15 is 0 Å². The highest BCUT2D eigenvalue weighted by Gasteiger charge is 2.26. The van der Waals surface area contributed by atoms with Crippen LogP contribution in [0.15, 0.2) is 30.5 Å². The van der Waals surface area contributed by atoms with Crippen molar-refractivity contribution in [1.29, 1.82) is 0 Å². The van der Waals surface area contributed by atoms with Crippen molar-refractivity contribution in [2.45, 2.75) is 33.6 Å². The molecule has 2 aromatic rings. The summed E-state index contributed by atoms with van der Waals surface area (Å²) in [6.07, 6.45) is 3.34. The number of nitrogens with one attached hydrogen (secondary N) is 1. The van der Waals surface area contributed by atoms with Crippen LogP contribution in [0.25, 0.3) is 5.69 Å². The van der Waals surface area contributed by atoms with Gasteiger partial charge in [0.15, 0.2) is 5.69 Å². The van der Waals surface area contributed by atoms with E-state index in [1.807, 2.05) is 39.0 Å². The standard InChI is InChI=1S/C19H27N3O3/c1-5-19(6-2,13-23)12-20-18(24)15-9-10-22(21-15)16-11-14(3)7-8-17(16)25-4/h7-11,23H,5-6,12-13H2,1-4H3,(H,20,24). The average molecular weight is 345 g/mol. The molecule has 136 valence electrons. The van der Waals surface area contributed by atoms with E-state index in [0.29, 0.717) is 18.0 Å². The summed E-state index contributed by atoms with van der Waals surface area (Å²) in [5.74, 6) is 0.446. The Hall–Kier alpha value is -2.34. The molecule has 0 bridgehead atoms. The largest absolute Gasteiger partial charge is 0.494 e. The van der Waals surface area contributed by atoms with Gasteiger partial charge >= 0.3 is 0 Å². The first-order chi connectivity index (χ1) is 12.0. The first-order valence-electron chi connectivity index (χ1n) is 8.58. The summed E-state index contributed by atoms with van der Waals surface area (Å²) in [6, 6.07) is 7.47. The number of aliphatic hydroxyl groups excluding tert-OH is 1. The quantitative estimate of drug-likeness (QED) is 0.771. The number of amides is 1. The third-order valence-corrected chi connectivity index (χ3v) is 4.86. The zero-order valence-corrected chi connectivity index (χ0v) is 15.4. The van der Waals surface area contributed by atoms with Crippen LogP contribution >= 0.6 is 0 Å². The maximum absolute atomic E-state index is 12.4. The van der Waals surface area contributed by atoms with Gasteiger partial charge in [-0.05, 0) is 43.5 Å². The second-order valence-corrected chi connectivity index (χ2v) is 6.37. The summed E-state index contributed by atoms with van der Waals surface area (Å²) in [7, 11) is 1.61. The SMILES string of the molecule is CCC(CC)(CO)CNC(=O)c1ccn(-c2cc(C)ccc2OC)n1. The summed E-state index contributed by atoms with van der Waals surface area (Å²) in [6.45, 7) is 6.50. The van der Waals surface area contributed by atoms with Crippen LogP contribution in [-0.2, 0) is 0 Å². The Kier molecular flexibility index (Phi) is 6.20. The zero-order chi connectivity index (χ0) is 18.4. The molecule has 2 N–H and O–H groups in total. The van der Waals surface area contributed by atoms with E-state index in [1.165, 1.54) is 0 Å². The molecule has 0 saturated heterocycles. The zero-order valence-electron chi connectivity index (χ0n) is 15.4. The minimum Gasteiger partial charge on any atom is -0.494 e. The highest BCUT2D eigenvalue weighted by Crippen LogP contribution is 2.25. The number of benzene rings is 1. The lowest BCUT2D eigenvalue weighted by molar-refractivity contribution is 0.0846. The van der Waals surface area contributed by atoms with Crippen LogP contribution in [0, 0.1) is 12.3 Å². The molecular weight excluding hydrogens is 318 g/mol. The number of aryl methyl sites for hydroxylation is 1. The minimum absolute atomic E-state index is 0.0508. The summed E-state index contributed by atoms with van der Waals surface area (Å²) < 4.78 is 7.01. The Morgan fingerprint density at radius 3 is 2.64 bits per heavy atom. The van der Waals surface area contributed by atoms with Crippen LogP contribution in [0.1, 0.15) is 42.7 Å². The molecule has 0 radical (unpaired) electrons. The molecule has 0 aliphatic heterocycles. The van der Waals surface area contributed by atoms with Crippen LogP contribution < -0.4 is 10.1 Å². The Morgan fingerprint density at radius 2 is 2.04 bits per heavy atom. The van der Waals surface area contributed by atoms with Crippen molar-refractivity contribution in [1.82, 2.24) is 15.1 Å². The fourth-order valence-corrected chi connectivity index (χ4v) is 2.70. The molecule has 6 nitrogen and oxygen atoms in total. The van der Waals surface area contributed by atoms with Crippen LogP contribution in [0.3, 0.4) is 0 Å². The van der Waals surface area contributed by atoms with Gasteiger partial charge in [-0.1, -0.05) is 19.9 Å². The molecule has 1 amide bonds. The number of ether oxygens (including phenoxy) is 1. The molecule has 25 heavy (non-hydrogen) atoms. The summed E-state index contributed by atoms with van der Waals surface area (Å²) in [5.41, 5.74) is 1.92. The van der Waals surface area contributed by atoms with Crippen molar-refractivity contribution in [2.24, 2.45) is 5.41 Å². The van der Waals surface area contributed by atoms with Gasteiger partial charge in [0.1, 0.15) is 11.4 Å². The fourth-order valence-electron chi connectivity index (χ4n) is 2.70. The van der Waals surface area contributed by atoms with Gasteiger partial charge in [-0.25, -0.2) is 4.68 Å². The molecule has 1 aromatic heterocycles. The molecule has 2 rings (SSSR count). The fraction of sp³-hybridized carbons (Fsp3) is 0.474. The Balaban J connectivity index is 2.16. The number of hydrogen-bond donors (Lipinski definition) is 2. The number of methoxy groups -OCH3 is 1. The van der Waals surface area contributed by atoms with E-state index in [-0.39, 0.29) is 17.9 Å². The first kappa shape index (κ1) is 19.0. The van der Waals surface area contributed by atoms with Gasteiger partial charge in [0, 0.05) is 18.2 Å². The highest BCUT2D eigenvalue weighted by molar-refractivity contribution is 5.92. The van der Waals surface area contributed by atoms with Gasteiger partial charge in [0.05, 0.1) is 13.7 Å². The van der Waals surface area contributed by atoms with E-state index in [9.17, 15) is 9.90 Å². The summed E-state index contributed by atoms with van der Waals surface area (Å²) in [5, 5.41) is 16.9. The topological polar surface area (TPSA) is 76.4 Å². The molecule has 0 aliphatic carbocycles. The number of aliphatic hydroxyl groups is 1. The average Bonchev–Trinajstić information content (AvgIpc) is 3.13. The summed E-state index contributed by atoms with van der Waals surface area (Å²) in [4.78, 5) is 12.4. The Bertz CT molecular complexity index is 712. The van der Waals surface area contributed by atoms with Crippen LogP contribution in [-0.4, -0.2) is 41.1 Å². The predicted octanol–water partition coefficient (Wildman–Crippen LogP) is 2.72. The summed E-state index contributed by atoms with van der Waals surface area (Å²) >= 11 is 0. The Morgan fingerprint density at radius 1 is 1.32 bits per heavy atom. The van der Waals surface area contributed by atoms with Gasteiger partial charge in [0.2, 0.25) is 0 Å². The van der Waals surface area contributed by atoms with Crippen LogP contribution in [0.5, 0.6) is 5.75 Å². The van der Waals surface area contributed by atoms with Gasteiger partial charge in [0.25, 0.3) is 5.91 Å². The lowest BCUT2D eigenvalue weighted by Gasteiger charge is -2.29. The third-order valence-electron chi connectivity index (χ3n) is 4.86. The van der Waals surface area contributed by atoms with Crippen molar-refractivity contribution in [3.05, 3.63) is 41.7 Å². The van der Waals surface area contributed by atoms with E-state index in [0.717, 1.165) is 24.1 Å². The molecule has 6 heteroatoms. The highest BCUT2D eigenvalue weighted by atomic mass is 16.5. The second-order valence-electron chi connectivity index (χ2n) is 6.37. The Labute approximate surface area is 148 Å². The first-order valence-corrected chi connectivity index (χ1v) is 8.58. The molecule has 0 spiro atoms. The van der Waals surface area contributed by atoms with Crippen LogP contribution in [0.2, 0.25) is 0 Å². The van der Waals surface area contributed by atoms with Gasteiger partial charge in [-0.2, -0.15) is 5.10 Å². The lowest BCUT2D eigenvalue weighted by atomic mass is 9.83. The predicted molar refractivity (Wildman–Crippen MR) is 97.3 cm³/mol. The van der Waals surface area contributed by atoms with E-state index in [1.54, 1.807) is 24.1 Å². The monoisotopic (exact) mass is 345 g/mol. The molecule has 0 atom stereocenters. The van der Waals surface area contributed by atoms with E-state index in [4.69, 9.17) is 4.74 Å². The van der Waals surface area contributed by atoms with E-state index < -0.39 is 0 Å².